The van der Waals surface area contributed by atoms with Gasteiger partial charge in [-0.25, -0.2) is 0 Å². The van der Waals surface area contributed by atoms with Crippen molar-refractivity contribution in [3.05, 3.63) is 95.1 Å². The van der Waals surface area contributed by atoms with Crippen LogP contribution in [0.15, 0.2) is 72.8 Å². The van der Waals surface area contributed by atoms with Crippen LogP contribution in [-0.2, 0) is 13.2 Å². The van der Waals surface area contributed by atoms with E-state index in [2.05, 4.69) is 6.07 Å². The molecule has 1 amide bonds. The van der Waals surface area contributed by atoms with E-state index in [4.69, 9.17) is 10.5 Å². The largest absolute Gasteiger partial charge is 0.504 e. The summed E-state index contributed by atoms with van der Waals surface area (Å²) in [4.78, 5) is 14.9. The number of carbonyl (C=O) groups is 1. The average Bonchev–Trinajstić information content (AvgIpc) is 2.76. The molecule has 0 atom stereocenters. The molecule has 0 heterocycles. The number of carbonyl (C=O) groups excluding carboxylic acids is 1. The van der Waals surface area contributed by atoms with E-state index in [1.165, 1.54) is 6.07 Å². The second-order valence-corrected chi connectivity index (χ2v) is 7.31. The second kappa shape index (κ2) is 10.5. The first-order valence-electron chi connectivity index (χ1n) is 10.1. The van der Waals surface area contributed by atoms with Gasteiger partial charge in [-0.1, -0.05) is 60.2 Å². The average molecular weight is 405 g/mol. The number of aromatic hydroxyl groups is 1. The zero-order valence-electron chi connectivity index (χ0n) is 17.3. The van der Waals surface area contributed by atoms with Crippen molar-refractivity contribution in [1.29, 1.82) is 0 Å². The molecule has 3 rings (SSSR count). The molecule has 0 saturated heterocycles. The molecule has 0 saturated carbocycles. The topological polar surface area (TPSA) is 75.8 Å². The summed E-state index contributed by atoms with van der Waals surface area (Å²) in [6.07, 6.45) is 0.710. The molecule has 3 aromatic carbocycles. The highest BCUT2D eigenvalue weighted by Crippen LogP contribution is 2.28. The number of amides is 1. The number of hydrogen-bond donors (Lipinski definition) is 2. The Morgan fingerprint density at radius 1 is 1.00 bits per heavy atom. The number of nitrogens with two attached hydrogens (primary N) is 1. The molecule has 3 aromatic rings. The minimum atomic E-state index is -0.144. The first-order valence-corrected chi connectivity index (χ1v) is 10.1. The van der Waals surface area contributed by atoms with Gasteiger partial charge in [0.2, 0.25) is 0 Å². The van der Waals surface area contributed by atoms with Crippen molar-refractivity contribution in [1.82, 2.24) is 4.90 Å². The lowest BCUT2D eigenvalue weighted by Gasteiger charge is -2.23. The molecule has 0 aliphatic heterocycles. The van der Waals surface area contributed by atoms with Crippen LogP contribution in [0, 0.1) is 6.92 Å². The number of rotatable bonds is 9. The third kappa shape index (κ3) is 5.84. The van der Waals surface area contributed by atoms with Crippen LogP contribution in [0.1, 0.15) is 33.5 Å². The first kappa shape index (κ1) is 21.4. The van der Waals surface area contributed by atoms with Gasteiger partial charge in [-0.05, 0) is 49.2 Å². The van der Waals surface area contributed by atoms with E-state index < -0.39 is 0 Å². The molecular formula is C25H28N2O3. The SMILES string of the molecule is Cc1cccc(CN(CCCN)C(=O)c2ccc(OCc3ccccc3)c(O)c2)c1. The van der Waals surface area contributed by atoms with E-state index in [1.54, 1.807) is 17.0 Å². The quantitative estimate of drug-likeness (QED) is 0.558. The predicted molar refractivity (Wildman–Crippen MR) is 118 cm³/mol. The van der Waals surface area contributed by atoms with Crippen molar-refractivity contribution in [2.75, 3.05) is 13.1 Å². The molecule has 0 aliphatic rings. The van der Waals surface area contributed by atoms with E-state index in [9.17, 15) is 9.90 Å². The monoisotopic (exact) mass is 404 g/mol. The lowest BCUT2D eigenvalue weighted by Crippen LogP contribution is -2.32. The van der Waals surface area contributed by atoms with Gasteiger partial charge < -0.3 is 20.5 Å². The first-order chi connectivity index (χ1) is 14.6. The van der Waals surface area contributed by atoms with Crippen LogP contribution in [0.5, 0.6) is 11.5 Å². The molecule has 0 aromatic heterocycles. The number of aryl methyl sites for hydroxylation is 1. The number of nitrogens with zero attached hydrogens (tertiary/aromatic N) is 1. The summed E-state index contributed by atoms with van der Waals surface area (Å²) in [5, 5.41) is 10.4. The molecule has 3 N–H and O–H groups in total. The third-order valence-electron chi connectivity index (χ3n) is 4.82. The summed E-state index contributed by atoms with van der Waals surface area (Å²) < 4.78 is 5.70. The summed E-state index contributed by atoms with van der Waals surface area (Å²) in [7, 11) is 0. The molecule has 5 heteroatoms. The van der Waals surface area contributed by atoms with Crippen LogP contribution >= 0.6 is 0 Å². The molecule has 5 nitrogen and oxygen atoms in total. The van der Waals surface area contributed by atoms with Crippen LogP contribution in [-0.4, -0.2) is 29.0 Å². The van der Waals surface area contributed by atoms with Gasteiger partial charge in [-0.15, -0.1) is 0 Å². The van der Waals surface area contributed by atoms with Gasteiger partial charge in [0.1, 0.15) is 6.61 Å². The minimum Gasteiger partial charge on any atom is -0.504 e. The van der Waals surface area contributed by atoms with Gasteiger partial charge >= 0.3 is 0 Å². The van der Waals surface area contributed by atoms with Crippen LogP contribution in [0.2, 0.25) is 0 Å². The van der Waals surface area contributed by atoms with E-state index in [1.807, 2.05) is 55.5 Å². The Balaban J connectivity index is 1.72. The Kier molecular flexibility index (Phi) is 7.46. The maximum atomic E-state index is 13.1. The maximum absolute atomic E-state index is 13.1. The predicted octanol–water partition coefficient (Wildman–Crippen LogP) is 4.27. The molecule has 0 radical (unpaired) electrons. The second-order valence-electron chi connectivity index (χ2n) is 7.31. The Morgan fingerprint density at radius 3 is 2.47 bits per heavy atom. The molecular weight excluding hydrogens is 376 g/mol. The van der Waals surface area contributed by atoms with Crippen molar-refractivity contribution >= 4 is 5.91 Å². The van der Waals surface area contributed by atoms with Crippen LogP contribution < -0.4 is 10.5 Å². The summed E-state index contributed by atoms with van der Waals surface area (Å²) in [5.41, 5.74) is 9.30. The summed E-state index contributed by atoms with van der Waals surface area (Å²) in [5.74, 6) is 0.156. The van der Waals surface area contributed by atoms with Gasteiger partial charge in [-0.3, -0.25) is 4.79 Å². The lowest BCUT2D eigenvalue weighted by atomic mass is 10.1. The van der Waals surface area contributed by atoms with Crippen LogP contribution in [0.3, 0.4) is 0 Å². The maximum Gasteiger partial charge on any atom is 0.254 e. The van der Waals surface area contributed by atoms with Crippen molar-refractivity contribution < 1.29 is 14.6 Å². The number of hydrogen-bond acceptors (Lipinski definition) is 4. The molecule has 156 valence electrons. The fourth-order valence-corrected chi connectivity index (χ4v) is 3.26. The van der Waals surface area contributed by atoms with Crippen LogP contribution in [0.4, 0.5) is 0 Å². The van der Waals surface area contributed by atoms with Crippen molar-refractivity contribution in [3.63, 3.8) is 0 Å². The molecule has 0 aliphatic carbocycles. The molecule has 0 spiro atoms. The fraction of sp³-hybridized carbons (Fsp3) is 0.240. The Hall–Kier alpha value is -3.31. The van der Waals surface area contributed by atoms with Crippen molar-refractivity contribution in [3.8, 4) is 11.5 Å². The highest BCUT2D eigenvalue weighted by molar-refractivity contribution is 5.94. The Bertz CT molecular complexity index is 973. The number of phenolic OH excluding ortho intramolecular Hbond substituents is 1. The fourth-order valence-electron chi connectivity index (χ4n) is 3.26. The smallest absolute Gasteiger partial charge is 0.254 e. The number of phenols is 1. The Morgan fingerprint density at radius 2 is 1.77 bits per heavy atom. The lowest BCUT2D eigenvalue weighted by molar-refractivity contribution is 0.0741. The van der Waals surface area contributed by atoms with Crippen LogP contribution in [0.25, 0.3) is 0 Å². The van der Waals surface area contributed by atoms with E-state index in [0.29, 0.717) is 44.0 Å². The van der Waals surface area contributed by atoms with Gasteiger partial charge in [-0.2, -0.15) is 0 Å². The molecule has 0 fully saturated rings. The standard InChI is InChI=1S/C25H28N2O3/c1-19-7-5-10-21(15-19)17-27(14-6-13-26)25(29)22-11-12-24(23(28)16-22)30-18-20-8-3-2-4-9-20/h2-5,7-12,15-16,28H,6,13-14,17-18,26H2,1H3. The molecule has 0 unspecified atom stereocenters. The summed E-state index contributed by atoms with van der Waals surface area (Å²) in [6.45, 7) is 3.93. The number of ether oxygens (including phenoxy) is 1. The van der Waals surface area contributed by atoms with E-state index >= 15 is 0 Å². The van der Waals surface area contributed by atoms with Gasteiger partial charge in [0, 0.05) is 18.7 Å². The van der Waals surface area contributed by atoms with Gasteiger partial charge in [0.25, 0.3) is 5.91 Å². The van der Waals surface area contributed by atoms with Crippen molar-refractivity contribution in [2.45, 2.75) is 26.5 Å². The summed E-state index contributed by atoms with van der Waals surface area (Å²) in [6, 6.07) is 22.6. The summed E-state index contributed by atoms with van der Waals surface area (Å²) >= 11 is 0. The normalized spacial score (nSPS) is 10.6. The molecule has 30 heavy (non-hydrogen) atoms. The van der Waals surface area contributed by atoms with Crippen molar-refractivity contribution in [2.24, 2.45) is 5.73 Å². The number of benzene rings is 3. The third-order valence-corrected chi connectivity index (χ3v) is 4.82. The van der Waals surface area contributed by atoms with E-state index in [-0.39, 0.29) is 11.7 Å². The van der Waals surface area contributed by atoms with Gasteiger partial charge in [0.05, 0.1) is 0 Å². The Labute approximate surface area is 177 Å². The highest BCUT2D eigenvalue weighted by atomic mass is 16.5. The minimum absolute atomic E-state index is 0.0499. The van der Waals surface area contributed by atoms with E-state index in [0.717, 1.165) is 16.7 Å². The molecule has 0 bridgehead atoms. The zero-order valence-corrected chi connectivity index (χ0v) is 17.3. The van der Waals surface area contributed by atoms with Gasteiger partial charge in [0.15, 0.2) is 11.5 Å². The zero-order chi connectivity index (χ0) is 21.3. The highest BCUT2D eigenvalue weighted by Gasteiger charge is 2.18.